The summed E-state index contributed by atoms with van der Waals surface area (Å²) in [7, 11) is 1.62. The summed E-state index contributed by atoms with van der Waals surface area (Å²) < 4.78 is 23.8. The van der Waals surface area contributed by atoms with Gasteiger partial charge in [-0.3, -0.25) is 13.8 Å². The van der Waals surface area contributed by atoms with Gasteiger partial charge in [0.15, 0.2) is 0 Å². The SMILES string of the molecule is CC/C=C\C/C=C\C/C=C\C/C=C\C/C=C\C/C=C\C/C=C\C/C=C\CCCCCCCCCCCCCCCCCCC(=O)NC(COP(=O)(O)OCC[N+](C)(C)C)C(O)CCCCCCCCCCCCCCCCC. The Morgan fingerprint density at radius 1 is 0.449 bits per heavy atom. The summed E-state index contributed by atoms with van der Waals surface area (Å²) in [6.07, 6.45) is 84.9. The molecule has 0 spiro atoms. The van der Waals surface area contributed by atoms with Gasteiger partial charge in [-0.25, -0.2) is 4.57 Å². The summed E-state index contributed by atoms with van der Waals surface area (Å²) in [5.41, 5.74) is 0. The molecule has 0 saturated carbocycles. The molecular formula is C69H126N2O6P+. The smallest absolute Gasteiger partial charge is 0.391 e. The Bertz CT molecular complexity index is 1590. The zero-order valence-corrected chi connectivity index (χ0v) is 52.5. The number of quaternary nitrogens is 1. The minimum Gasteiger partial charge on any atom is -0.391 e. The fourth-order valence-electron chi connectivity index (χ4n) is 9.30. The number of phosphoric acid groups is 1. The highest BCUT2D eigenvalue weighted by Crippen LogP contribution is 2.43. The van der Waals surface area contributed by atoms with Gasteiger partial charge in [-0.05, 0) is 77.0 Å². The van der Waals surface area contributed by atoms with Crippen molar-refractivity contribution in [1.29, 1.82) is 0 Å². The van der Waals surface area contributed by atoms with Crippen LogP contribution in [0.25, 0.3) is 0 Å². The van der Waals surface area contributed by atoms with E-state index in [9.17, 15) is 19.4 Å². The number of phosphoric ester groups is 1. The van der Waals surface area contributed by atoms with Crippen molar-refractivity contribution in [2.75, 3.05) is 40.9 Å². The van der Waals surface area contributed by atoms with Crippen LogP contribution in [0.3, 0.4) is 0 Å². The van der Waals surface area contributed by atoms with Crippen molar-refractivity contribution < 1.29 is 32.9 Å². The standard InChI is InChI=1S/C69H125N2O6P/c1-6-8-10-12-14-16-18-20-22-23-24-25-26-27-28-29-30-31-32-33-34-35-36-37-38-39-40-41-42-43-44-45-46-47-49-51-53-55-57-59-61-63-69(73)70-67(66-77-78(74,75)76-65-64-71(3,4)5)68(72)62-60-58-56-54-52-50-48-21-19-17-15-13-11-9-7-2/h8,10,14,16,20,22,24-25,27-28,30-31,33-34,36-37,67-68,72H,6-7,9,11-13,15,17-19,21,23,26,29,32,35,38-66H2,1-5H3,(H-,70,73,74,75)/p+1/b10-8-,16-14-,22-20-,25-24-,28-27-,31-30-,34-33-,37-36-. The maximum Gasteiger partial charge on any atom is 0.472 e. The van der Waals surface area contributed by atoms with Gasteiger partial charge in [0.2, 0.25) is 5.91 Å². The van der Waals surface area contributed by atoms with Gasteiger partial charge >= 0.3 is 7.82 Å². The molecule has 0 bridgehead atoms. The van der Waals surface area contributed by atoms with E-state index in [-0.39, 0.29) is 19.1 Å². The molecule has 0 aromatic carbocycles. The second kappa shape index (κ2) is 59.1. The number of aliphatic hydroxyl groups excluding tert-OH is 1. The zero-order valence-electron chi connectivity index (χ0n) is 51.6. The monoisotopic (exact) mass is 1110 g/mol. The summed E-state index contributed by atoms with van der Waals surface area (Å²) in [5.74, 6) is -0.144. The van der Waals surface area contributed by atoms with E-state index in [1.807, 2.05) is 21.1 Å². The molecule has 0 radical (unpaired) electrons. The number of allylic oxidation sites excluding steroid dienone is 16. The highest BCUT2D eigenvalue weighted by molar-refractivity contribution is 7.47. The van der Waals surface area contributed by atoms with Gasteiger partial charge in [0, 0.05) is 6.42 Å². The maximum atomic E-state index is 13.0. The van der Waals surface area contributed by atoms with Crippen LogP contribution in [0.4, 0.5) is 0 Å². The Balaban J connectivity index is 3.96. The van der Waals surface area contributed by atoms with E-state index in [2.05, 4.69) is 116 Å². The molecule has 452 valence electrons. The van der Waals surface area contributed by atoms with Crippen molar-refractivity contribution in [2.45, 2.75) is 296 Å². The van der Waals surface area contributed by atoms with Gasteiger partial charge in [-0.15, -0.1) is 0 Å². The lowest BCUT2D eigenvalue weighted by molar-refractivity contribution is -0.870. The van der Waals surface area contributed by atoms with Crippen LogP contribution in [-0.4, -0.2) is 73.4 Å². The highest BCUT2D eigenvalue weighted by atomic mass is 31.2. The number of hydrogen-bond donors (Lipinski definition) is 3. The number of unbranched alkanes of at least 4 members (excludes halogenated alkanes) is 30. The van der Waals surface area contributed by atoms with Gasteiger partial charge in [-0.2, -0.15) is 0 Å². The number of aliphatic hydroxyl groups is 1. The molecular weight excluding hydrogens is 984 g/mol. The molecule has 0 fully saturated rings. The number of nitrogens with zero attached hydrogens (tertiary/aromatic N) is 1. The van der Waals surface area contributed by atoms with Crippen molar-refractivity contribution in [2.24, 2.45) is 0 Å². The molecule has 0 aromatic heterocycles. The van der Waals surface area contributed by atoms with Gasteiger partial charge in [0.05, 0.1) is 39.9 Å². The zero-order chi connectivity index (χ0) is 57.0. The average molecular weight is 1110 g/mol. The molecule has 3 unspecified atom stereocenters. The van der Waals surface area contributed by atoms with Crippen LogP contribution < -0.4 is 5.32 Å². The molecule has 8 nitrogen and oxygen atoms in total. The van der Waals surface area contributed by atoms with E-state index in [0.29, 0.717) is 23.9 Å². The summed E-state index contributed by atoms with van der Waals surface area (Å²) >= 11 is 0. The minimum atomic E-state index is -4.33. The van der Waals surface area contributed by atoms with Gasteiger partial charge in [0.25, 0.3) is 0 Å². The van der Waals surface area contributed by atoms with Crippen molar-refractivity contribution in [1.82, 2.24) is 5.32 Å². The molecule has 0 aliphatic carbocycles. The summed E-state index contributed by atoms with van der Waals surface area (Å²) in [6, 6.07) is -0.764. The molecule has 0 aliphatic rings. The molecule has 0 rings (SSSR count). The molecule has 0 aromatic rings. The second-order valence-electron chi connectivity index (χ2n) is 23.1. The summed E-state index contributed by atoms with van der Waals surface area (Å²) in [6.45, 7) is 4.79. The number of nitrogens with one attached hydrogen (secondary N) is 1. The lowest BCUT2D eigenvalue weighted by Gasteiger charge is -2.26. The van der Waals surface area contributed by atoms with Crippen LogP contribution in [0.15, 0.2) is 97.2 Å². The Morgan fingerprint density at radius 3 is 1.13 bits per heavy atom. The third-order valence-corrected chi connectivity index (χ3v) is 15.3. The molecule has 1 amide bonds. The minimum absolute atomic E-state index is 0.0730. The van der Waals surface area contributed by atoms with Gasteiger partial charge in [-0.1, -0.05) is 297 Å². The van der Waals surface area contributed by atoms with Gasteiger partial charge < -0.3 is 19.8 Å². The normalized spacial score (nSPS) is 14.4. The third kappa shape index (κ3) is 61.0. The molecule has 0 heterocycles. The second-order valence-corrected chi connectivity index (χ2v) is 24.6. The van der Waals surface area contributed by atoms with Crippen LogP contribution in [0.5, 0.6) is 0 Å². The summed E-state index contributed by atoms with van der Waals surface area (Å²) in [5, 5.41) is 14.1. The Labute approximate surface area is 483 Å². The van der Waals surface area contributed by atoms with Crippen LogP contribution in [0.2, 0.25) is 0 Å². The number of hydrogen-bond acceptors (Lipinski definition) is 5. The van der Waals surface area contributed by atoms with Crippen molar-refractivity contribution in [3.63, 3.8) is 0 Å². The van der Waals surface area contributed by atoms with E-state index in [1.54, 1.807) is 0 Å². The van der Waals surface area contributed by atoms with Crippen LogP contribution in [0.1, 0.15) is 284 Å². The molecule has 3 atom stereocenters. The Kier molecular flexibility index (Phi) is 57.1. The van der Waals surface area contributed by atoms with Gasteiger partial charge in [0.1, 0.15) is 13.2 Å². The predicted molar refractivity (Wildman–Crippen MR) is 341 cm³/mol. The molecule has 3 N–H and O–H groups in total. The number of carbonyl (C=O) groups excluding carboxylic acids is 1. The van der Waals surface area contributed by atoms with E-state index in [1.165, 1.54) is 167 Å². The van der Waals surface area contributed by atoms with Crippen LogP contribution >= 0.6 is 7.82 Å². The van der Waals surface area contributed by atoms with E-state index < -0.39 is 20.0 Å². The Hall–Kier alpha value is -2.58. The molecule has 0 aliphatic heterocycles. The lowest BCUT2D eigenvalue weighted by atomic mass is 10.0. The fourth-order valence-corrected chi connectivity index (χ4v) is 10.0. The van der Waals surface area contributed by atoms with E-state index in [4.69, 9.17) is 9.05 Å². The first-order chi connectivity index (χ1) is 38.0. The van der Waals surface area contributed by atoms with Crippen molar-refractivity contribution in [3.8, 4) is 0 Å². The topological polar surface area (TPSA) is 105 Å². The Morgan fingerprint density at radius 2 is 0.769 bits per heavy atom. The number of rotatable bonds is 59. The first kappa shape index (κ1) is 75.4. The van der Waals surface area contributed by atoms with Crippen molar-refractivity contribution >= 4 is 13.7 Å². The average Bonchev–Trinajstić information content (AvgIpc) is 3.41. The van der Waals surface area contributed by atoms with Crippen LogP contribution in [0, 0.1) is 0 Å². The van der Waals surface area contributed by atoms with E-state index >= 15 is 0 Å². The number of likely N-dealkylation sites (N-methyl/N-ethyl adjacent to an activating group) is 1. The van der Waals surface area contributed by atoms with Crippen molar-refractivity contribution in [3.05, 3.63) is 97.2 Å². The molecule has 9 heteroatoms. The summed E-state index contributed by atoms with van der Waals surface area (Å²) in [4.78, 5) is 23.4. The quantitative estimate of drug-likeness (QED) is 0.0243. The molecule has 0 saturated heterocycles. The maximum absolute atomic E-state index is 13.0. The molecule has 78 heavy (non-hydrogen) atoms. The number of carbonyl (C=O) groups is 1. The van der Waals surface area contributed by atoms with E-state index in [0.717, 1.165) is 89.9 Å². The van der Waals surface area contributed by atoms with Crippen LogP contribution in [-0.2, 0) is 18.4 Å². The first-order valence-corrected chi connectivity index (χ1v) is 34.1. The lowest BCUT2D eigenvalue weighted by Crippen LogP contribution is -2.46. The fraction of sp³-hybridized carbons (Fsp3) is 0.754. The predicted octanol–water partition coefficient (Wildman–Crippen LogP) is 20.5. The largest absolute Gasteiger partial charge is 0.472 e. The first-order valence-electron chi connectivity index (χ1n) is 32.6. The highest BCUT2D eigenvalue weighted by Gasteiger charge is 2.28. The third-order valence-electron chi connectivity index (χ3n) is 14.3. The number of amides is 1.